The Morgan fingerprint density at radius 1 is 1.23 bits per heavy atom. The lowest BCUT2D eigenvalue weighted by molar-refractivity contribution is 0.773. The van der Waals surface area contributed by atoms with E-state index in [0.29, 0.717) is 0 Å². The van der Waals surface area contributed by atoms with Crippen molar-refractivity contribution in [2.45, 2.75) is 20.8 Å². The van der Waals surface area contributed by atoms with Gasteiger partial charge in [-0.2, -0.15) is 5.10 Å². The summed E-state index contributed by atoms with van der Waals surface area (Å²) in [6, 6.07) is 0. The van der Waals surface area contributed by atoms with Crippen molar-refractivity contribution in [1.29, 1.82) is 0 Å². The molecule has 2 aromatic heterocycles. The fraction of sp³-hybridized carbons (Fsp3) is 0.400. The largest absolute Gasteiger partial charge is 0.250 e. The summed E-state index contributed by atoms with van der Waals surface area (Å²) < 4.78 is 1.83. The maximum atomic E-state index is 4.36. The van der Waals surface area contributed by atoms with Gasteiger partial charge in [0.15, 0.2) is 5.65 Å². The van der Waals surface area contributed by atoms with E-state index in [2.05, 4.69) is 23.9 Å². The molecule has 0 atom stereocenters. The lowest BCUT2D eigenvalue weighted by Crippen LogP contribution is -1.92. The molecule has 0 bridgehead atoms. The molecule has 0 N–H and O–H groups in total. The Kier molecular flexibility index (Phi) is 1.62. The molecule has 0 aliphatic carbocycles. The average molecular weight is 175 g/mol. The van der Waals surface area contributed by atoms with E-state index in [1.165, 1.54) is 16.5 Å². The molecular weight excluding hydrogens is 162 g/mol. The number of nitrogens with zero attached hydrogens (tertiary/aromatic N) is 3. The highest BCUT2D eigenvalue weighted by Crippen LogP contribution is 2.21. The van der Waals surface area contributed by atoms with Crippen molar-refractivity contribution in [3.05, 3.63) is 23.0 Å². The van der Waals surface area contributed by atoms with Crippen LogP contribution < -0.4 is 0 Å². The zero-order chi connectivity index (χ0) is 9.59. The van der Waals surface area contributed by atoms with E-state index < -0.39 is 0 Å². The van der Waals surface area contributed by atoms with Crippen LogP contribution in [0.1, 0.15) is 16.8 Å². The molecule has 2 rings (SSSR count). The summed E-state index contributed by atoms with van der Waals surface area (Å²) in [6.07, 6.45) is 1.90. The van der Waals surface area contributed by atoms with E-state index in [1.54, 1.807) is 0 Å². The molecule has 0 aliphatic rings. The van der Waals surface area contributed by atoms with Gasteiger partial charge in [-0.05, 0) is 31.9 Å². The van der Waals surface area contributed by atoms with E-state index >= 15 is 0 Å². The zero-order valence-electron chi connectivity index (χ0n) is 8.42. The van der Waals surface area contributed by atoms with Crippen molar-refractivity contribution < 1.29 is 0 Å². The predicted octanol–water partition coefficient (Wildman–Crippen LogP) is 1.89. The minimum absolute atomic E-state index is 0.973. The third-order valence-electron chi connectivity index (χ3n) is 2.54. The maximum absolute atomic E-state index is 4.36. The van der Waals surface area contributed by atoms with Gasteiger partial charge in [-0.1, -0.05) is 0 Å². The Morgan fingerprint density at radius 3 is 2.62 bits per heavy atom. The number of hydrogen-bond acceptors (Lipinski definition) is 2. The van der Waals surface area contributed by atoms with Crippen molar-refractivity contribution in [3.63, 3.8) is 0 Å². The van der Waals surface area contributed by atoms with Crippen LogP contribution >= 0.6 is 0 Å². The van der Waals surface area contributed by atoms with Gasteiger partial charge < -0.3 is 0 Å². The summed E-state index contributed by atoms with van der Waals surface area (Å²) in [4.78, 5) is 4.36. The SMILES string of the molecule is Cc1cnc2c(c(C)nn2C)c1C. The molecule has 0 aromatic carbocycles. The second-order valence-electron chi connectivity index (χ2n) is 3.47. The number of hydrogen-bond donors (Lipinski definition) is 0. The van der Waals surface area contributed by atoms with Gasteiger partial charge in [0.25, 0.3) is 0 Å². The monoisotopic (exact) mass is 175 g/mol. The number of pyridine rings is 1. The van der Waals surface area contributed by atoms with Crippen LogP contribution in [-0.4, -0.2) is 14.8 Å². The van der Waals surface area contributed by atoms with Gasteiger partial charge in [0.1, 0.15) is 0 Å². The van der Waals surface area contributed by atoms with Crippen molar-refractivity contribution >= 4 is 11.0 Å². The van der Waals surface area contributed by atoms with E-state index in [-0.39, 0.29) is 0 Å². The first kappa shape index (κ1) is 8.23. The Morgan fingerprint density at radius 2 is 1.92 bits per heavy atom. The zero-order valence-corrected chi connectivity index (χ0v) is 8.42. The topological polar surface area (TPSA) is 30.7 Å². The molecule has 68 valence electrons. The highest BCUT2D eigenvalue weighted by atomic mass is 15.3. The highest BCUT2D eigenvalue weighted by Gasteiger charge is 2.09. The van der Waals surface area contributed by atoms with Gasteiger partial charge in [-0.15, -0.1) is 0 Å². The lowest BCUT2D eigenvalue weighted by Gasteiger charge is -2.00. The maximum Gasteiger partial charge on any atom is 0.157 e. The number of rotatable bonds is 0. The Bertz CT molecular complexity index is 468. The van der Waals surface area contributed by atoms with Gasteiger partial charge >= 0.3 is 0 Å². The smallest absolute Gasteiger partial charge is 0.157 e. The third-order valence-corrected chi connectivity index (χ3v) is 2.54. The molecule has 0 unspecified atom stereocenters. The molecule has 0 saturated heterocycles. The molecule has 0 radical (unpaired) electrons. The first-order valence-electron chi connectivity index (χ1n) is 4.36. The van der Waals surface area contributed by atoms with Gasteiger partial charge in [-0.25, -0.2) is 4.98 Å². The van der Waals surface area contributed by atoms with Crippen LogP contribution in [0, 0.1) is 20.8 Å². The van der Waals surface area contributed by atoms with E-state index in [9.17, 15) is 0 Å². The van der Waals surface area contributed by atoms with Gasteiger partial charge in [0, 0.05) is 18.6 Å². The molecule has 0 spiro atoms. The molecule has 2 aromatic rings. The number of aromatic nitrogens is 3. The van der Waals surface area contributed by atoms with Crippen molar-refractivity contribution in [1.82, 2.24) is 14.8 Å². The van der Waals surface area contributed by atoms with E-state index in [4.69, 9.17) is 0 Å². The molecule has 3 heteroatoms. The Labute approximate surface area is 77.4 Å². The fourth-order valence-electron chi connectivity index (χ4n) is 1.69. The van der Waals surface area contributed by atoms with E-state index in [0.717, 1.165) is 11.3 Å². The second kappa shape index (κ2) is 2.55. The predicted molar refractivity (Wildman–Crippen MR) is 52.7 cm³/mol. The molecule has 0 fully saturated rings. The lowest BCUT2D eigenvalue weighted by atomic mass is 10.1. The van der Waals surface area contributed by atoms with Crippen LogP contribution in [0.2, 0.25) is 0 Å². The van der Waals surface area contributed by atoms with Crippen LogP contribution in [0.25, 0.3) is 11.0 Å². The fourth-order valence-corrected chi connectivity index (χ4v) is 1.69. The van der Waals surface area contributed by atoms with Gasteiger partial charge in [0.05, 0.1) is 5.69 Å². The summed E-state index contributed by atoms with van der Waals surface area (Å²) in [5.74, 6) is 0. The number of fused-ring (bicyclic) bond motifs is 1. The average Bonchev–Trinajstić information content (AvgIpc) is 2.35. The molecule has 0 saturated carbocycles. The van der Waals surface area contributed by atoms with Crippen LogP contribution in [0.15, 0.2) is 6.20 Å². The Hall–Kier alpha value is -1.38. The summed E-state index contributed by atoms with van der Waals surface area (Å²) in [5, 5.41) is 5.54. The molecule has 0 aliphatic heterocycles. The first-order chi connectivity index (χ1) is 6.11. The van der Waals surface area contributed by atoms with Crippen molar-refractivity contribution in [2.24, 2.45) is 7.05 Å². The van der Waals surface area contributed by atoms with Crippen LogP contribution in [0.4, 0.5) is 0 Å². The molecule has 13 heavy (non-hydrogen) atoms. The minimum atomic E-state index is 0.973. The first-order valence-corrected chi connectivity index (χ1v) is 4.36. The number of aryl methyl sites for hydroxylation is 4. The molecule has 3 nitrogen and oxygen atoms in total. The van der Waals surface area contributed by atoms with Crippen LogP contribution in [0.3, 0.4) is 0 Å². The Balaban J connectivity index is 2.98. The third kappa shape index (κ3) is 1.03. The summed E-state index contributed by atoms with van der Waals surface area (Å²) in [5.41, 5.74) is 4.55. The second-order valence-corrected chi connectivity index (χ2v) is 3.47. The standard InChI is InChI=1S/C10H13N3/c1-6-5-11-10-9(7(6)2)8(3)12-13(10)4/h5H,1-4H3. The van der Waals surface area contributed by atoms with E-state index in [1.807, 2.05) is 24.9 Å². The molecule has 0 amide bonds. The van der Waals surface area contributed by atoms with Gasteiger partial charge in [-0.3, -0.25) is 4.68 Å². The molecule has 2 heterocycles. The minimum Gasteiger partial charge on any atom is -0.250 e. The van der Waals surface area contributed by atoms with Crippen LogP contribution in [-0.2, 0) is 7.05 Å². The van der Waals surface area contributed by atoms with Gasteiger partial charge in [0.2, 0.25) is 0 Å². The highest BCUT2D eigenvalue weighted by molar-refractivity contribution is 5.82. The quantitative estimate of drug-likeness (QED) is 0.612. The summed E-state index contributed by atoms with van der Waals surface area (Å²) in [7, 11) is 1.93. The van der Waals surface area contributed by atoms with Crippen molar-refractivity contribution in [2.75, 3.05) is 0 Å². The van der Waals surface area contributed by atoms with Crippen LogP contribution in [0.5, 0.6) is 0 Å². The summed E-state index contributed by atoms with van der Waals surface area (Å²) >= 11 is 0. The van der Waals surface area contributed by atoms with Crippen molar-refractivity contribution in [3.8, 4) is 0 Å². The normalized spacial score (nSPS) is 11.1. The molecular formula is C10H13N3. The summed E-state index contributed by atoms with van der Waals surface area (Å²) in [6.45, 7) is 6.22.